The lowest BCUT2D eigenvalue weighted by Gasteiger charge is -2.45. The number of piperidine rings is 1. The van der Waals surface area contributed by atoms with Crippen LogP contribution in [0.3, 0.4) is 0 Å². The van der Waals surface area contributed by atoms with Gasteiger partial charge in [0.1, 0.15) is 5.82 Å². The summed E-state index contributed by atoms with van der Waals surface area (Å²) in [4.78, 5) is 30.7. The van der Waals surface area contributed by atoms with Crippen molar-refractivity contribution in [1.82, 2.24) is 14.7 Å². The first-order chi connectivity index (χ1) is 19.6. The van der Waals surface area contributed by atoms with Gasteiger partial charge in [0.15, 0.2) is 5.78 Å². The molecule has 42 heavy (non-hydrogen) atoms. The molecule has 2 amide bonds. The molecule has 0 N–H and O–H groups in total. The number of nitrogens with zero attached hydrogens (tertiary/aromatic N) is 3. The lowest BCUT2D eigenvalue weighted by Crippen LogP contribution is -2.50. The van der Waals surface area contributed by atoms with Crippen LogP contribution >= 0.6 is 0 Å². The van der Waals surface area contributed by atoms with E-state index in [2.05, 4.69) is 4.90 Å². The Morgan fingerprint density at radius 1 is 0.952 bits per heavy atom. The number of alkyl halides is 6. The van der Waals surface area contributed by atoms with Crippen LogP contribution in [-0.4, -0.2) is 53.2 Å². The third-order valence-corrected chi connectivity index (χ3v) is 8.77. The van der Waals surface area contributed by atoms with Crippen LogP contribution in [0.15, 0.2) is 54.2 Å². The Balaban J connectivity index is 1.46. The molecule has 1 aliphatic carbocycles. The van der Waals surface area contributed by atoms with Crippen molar-refractivity contribution in [2.75, 3.05) is 26.7 Å². The average molecular weight is 598 g/mol. The van der Waals surface area contributed by atoms with Gasteiger partial charge in [-0.3, -0.25) is 4.79 Å². The number of fused-ring (bicyclic) bond motifs is 1. The third kappa shape index (κ3) is 5.85. The van der Waals surface area contributed by atoms with Gasteiger partial charge < -0.3 is 14.7 Å². The number of benzene rings is 2. The number of halogens is 7. The van der Waals surface area contributed by atoms with Crippen LogP contribution in [0.1, 0.15) is 60.5 Å². The average Bonchev–Trinajstić information content (AvgIpc) is 3.56. The van der Waals surface area contributed by atoms with Crippen molar-refractivity contribution in [3.8, 4) is 0 Å². The molecule has 0 saturated carbocycles. The standard InChI is InChI=1S/C30H30F7N3O2/c1-17(20-11-21(29(32,33)34)13-22(12-20)30(35,36)37)38(2)28(42)40-10-9-19-15-39(24-7-8-25(41)14-24)16-26(19)27(40)18-3-5-23(31)6-4-18/h3-6,11-14,17,19,26-27H,7-10,15-16H2,1-2H3/t17?,19?,26-,27?/m1/s1. The fourth-order valence-corrected chi connectivity index (χ4v) is 6.41. The molecule has 12 heteroatoms. The van der Waals surface area contributed by atoms with Gasteiger partial charge in [-0.25, -0.2) is 9.18 Å². The Labute approximate surface area is 238 Å². The number of likely N-dealkylation sites (tertiary alicyclic amines) is 2. The smallest absolute Gasteiger partial charge is 0.374 e. The normalized spacial score (nSPS) is 23.6. The van der Waals surface area contributed by atoms with Gasteiger partial charge in [0, 0.05) is 50.8 Å². The maximum absolute atomic E-state index is 14.0. The molecule has 5 rings (SSSR count). The number of hydrogen-bond acceptors (Lipinski definition) is 3. The summed E-state index contributed by atoms with van der Waals surface area (Å²) in [7, 11) is 1.35. The molecule has 3 aliphatic rings. The number of allylic oxidation sites excluding steroid dienone is 2. The third-order valence-electron chi connectivity index (χ3n) is 8.77. The molecule has 2 aliphatic heterocycles. The highest BCUT2D eigenvalue weighted by atomic mass is 19.4. The second-order valence-electron chi connectivity index (χ2n) is 11.3. The summed E-state index contributed by atoms with van der Waals surface area (Å²) in [5.74, 6) is -0.312. The summed E-state index contributed by atoms with van der Waals surface area (Å²) >= 11 is 0. The fraction of sp³-hybridized carbons (Fsp3) is 0.467. The number of carbonyl (C=O) groups excluding carboxylic acids is 2. The lowest BCUT2D eigenvalue weighted by atomic mass is 9.79. The summed E-state index contributed by atoms with van der Waals surface area (Å²) in [6.45, 7) is 2.92. The molecule has 4 atom stereocenters. The maximum atomic E-state index is 14.0. The Morgan fingerprint density at radius 2 is 1.57 bits per heavy atom. The Hall–Kier alpha value is -3.57. The number of ketones is 1. The SMILES string of the molecule is CC(c1cc(C(F)(F)F)cc(C(F)(F)F)c1)N(C)C(=O)N1CCC2CN(C3=CC(=O)CC3)C[C@H]2C1c1ccc(F)cc1. The molecule has 2 heterocycles. The molecule has 2 aromatic carbocycles. The quantitative estimate of drug-likeness (QED) is 0.350. The molecular formula is C30H30F7N3O2. The molecule has 3 unspecified atom stereocenters. The number of hydrogen-bond donors (Lipinski definition) is 0. The first-order valence-corrected chi connectivity index (χ1v) is 13.7. The Bertz CT molecular complexity index is 1350. The van der Waals surface area contributed by atoms with Gasteiger partial charge in [-0.1, -0.05) is 12.1 Å². The molecule has 0 radical (unpaired) electrons. The number of carbonyl (C=O) groups is 2. The van der Waals surface area contributed by atoms with Crippen LogP contribution in [-0.2, 0) is 17.1 Å². The Morgan fingerprint density at radius 3 is 2.12 bits per heavy atom. The maximum Gasteiger partial charge on any atom is 0.416 e. The van der Waals surface area contributed by atoms with Crippen molar-refractivity contribution < 1.29 is 40.3 Å². The largest absolute Gasteiger partial charge is 0.416 e. The Kier molecular flexibility index (Phi) is 7.78. The summed E-state index contributed by atoms with van der Waals surface area (Å²) < 4.78 is 94.8. The van der Waals surface area contributed by atoms with E-state index in [9.17, 15) is 40.3 Å². The minimum Gasteiger partial charge on any atom is -0.374 e. The highest BCUT2D eigenvalue weighted by Crippen LogP contribution is 2.46. The van der Waals surface area contributed by atoms with Gasteiger partial charge in [0.25, 0.3) is 0 Å². The van der Waals surface area contributed by atoms with Gasteiger partial charge >= 0.3 is 18.4 Å². The van der Waals surface area contributed by atoms with E-state index in [-0.39, 0.29) is 29.2 Å². The van der Waals surface area contributed by atoms with E-state index >= 15 is 0 Å². The van der Waals surface area contributed by atoms with Crippen molar-refractivity contribution >= 4 is 11.8 Å². The molecule has 2 aromatic rings. The monoisotopic (exact) mass is 597 g/mol. The van der Waals surface area contributed by atoms with Gasteiger partial charge in [-0.2, -0.15) is 26.3 Å². The number of urea groups is 1. The second-order valence-corrected chi connectivity index (χ2v) is 11.3. The molecular weight excluding hydrogens is 567 g/mol. The molecule has 5 nitrogen and oxygen atoms in total. The van der Waals surface area contributed by atoms with Crippen LogP contribution in [0.4, 0.5) is 35.5 Å². The zero-order valence-electron chi connectivity index (χ0n) is 23.0. The van der Waals surface area contributed by atoms with Crippen LogP contribution in [0, 0.1) is 17.7 Å². The van der Waals surface area contributed by atoms with Crippen molar-refractivity contribution in [3.05, 3.63) is 82.3 Å². The van der Waals surface area contributed by atoms with Gasteiger partial charge in [-0.15, -0.1) is 0 Å². The highest BCUT2D eigenvalue weighted by Gasteiger charge is 2.47. The van der Waals surface area contributed by atoms with Crippen molar-refractivity contribution in [1.29, 1.82) is 0 Å². The molecule has 2 fully saturated rings. The molecule has 0 bridgehead atoms. The number of amides is 2. The van der Waals surface area contributed by atoms with E-state index in [4.69, 9.17) is 0 Å². The predicted octanol–water partition coefficient (Wildman–Crippen LogP) is 7.22. The minimum atomic E-state index is -5.01. The second kappa shape index (κ2) is 10.9. The first-order valence-electron chi connectivity index (χ1n) is 13.7. The van der Waals surface area contributed by atoms with Crippen molar-refractivity contribution in [3.63, 3.8) is 0 Å². The molecule has 226 valence electrons. The lowest BCUT2D eigenvalue weighted by molar-refractivity contribution is -0.143. The van der Waals surface area contributed by atoms with E-state index in [0.29, 0.717) is 56.6 Å². The van der Waals surface area contributed by atoms with Crippen molar-refractivity contribution in [2.24, 2.45) is 11.8 Å². The van der Waals surface area contributed by atoms with E-state index in [1.807, 2.05) is 0 Å². The van der Waals surface area contributed by atoms with E-state index in [1.165, 1.54) is 26.1 Å². The van der Waals surface area contributed by atoms with Crippen LogP contribution in [0.5, 0.6) is 0 Å². The van der Waals surface area contributed by atoms with Gasteiger partial charge in [-0.05, 0) is 67.1 Å². The zero-order valence-corrected chi connectivity index (χ0v) is 23.0. The van der Waals surface area contributed by atoms with Crippen LogP contribution in [0.2, 0.25) is 0 Å². The highest BCUT2D eigenvalue weighted by molar-refractivity contribution is 5.92. The predicted molar refractivity (Wildman–Crippen MR) is 139 cm³/mol. The summed E-state index contributed by atoms with van der Waals surface area (Å²) in [5.41, 5.74) is -1.57. The summed E-state index contributed by atoms with van der Waals surface area (Å²) in [5, 5.41) is 0. The molecule has 0 aromatic heterocycles. The van der Waals surface area contributed by atoms with Crippen LogP contribution < -0.4 is 0 Å². The summed E-state index contributed by atoms with van der Waals surface area (Å²) in [6, 6.07) is 4.91. The van der Waals surface area contributed by atoms with E-state index in [0.717, 1.165) is 10.6 Å². The number of rotatable bonds is 4. The topological polar surface area (TPSA) is 43.9 Å². The van der Waals surface area contributed by atoms with Gasteiger partial charge in [0.2, 0.25) is 0 Å². The van der Waals surface area contributed by atoms with Gasteiger partial charge in [0.05, 0.1) is 23.2 Å². The van der Waals surface area contributed by atoms with E-state index < -0.39 is 47.4 Å². The minimum absolute atomic E-state index is 0.0608. The molecule has 2 saturated heterocycles. The first kappa shape index (κ1) is 29.9. The van der Waals surface area contributed by atoms with E-state index in [1.54, 1.807) is 23.1 Å². The molecule has 0 spiro atoms. The van der Waals surface area contributed by atoms with Crippen molar-refractivity contribution in [2.45, 2.75) is 50.6 Å². The fourth-order valence-electron chi connectivity index (χ4n) is 6.41. The summed E-state index contributed by atoms with van der Waals surface area (Å²) in [6.07, 6.45) is -6.67. The zero-order chi connectivity index (χ0) is 30.6. The van der Waals surface area contributed by atoms with Crippen LogP contribution in [0.25, 0.3) is 0 Å².